The Labute approximate surface area is 125 Å². The van der Waals surface area contributed by atoms with Crippen LogP contribution in [0.2, 0.25) is 0 Å². The van der Waals surface area contributed by atoms with Gasteiger partial charge in [-0.25, -0.2) is 4.98 Å². The number of hydrogen-bond acceptors (Lipinski definition) is 2. The zero-order valence-corrected chi connectivity index (χ0v) is 12.4. The maximum Gasteiger partial charge on any atom is 0.196 e. The lowest BCUT2D eigenvalue weighted by molar-refractivity contribution is 0.470. The van der Waals surface area contributed by atoms with Crippen LogP contribution in [0.5, 0.6) is 0 Å². The van der Waals surface area contributed by atoms with E-state index in [0.717, 1.165) is 11.6 Å². The van der Waals surface area contributed by atoms with E-state index >= 15 is 0 Å². The number of nitrogens with zero attached hydrogens (tertiary/aromatic N) is 1. The molecule has 0 atom stereocenters. The van der Waals surface area contributed by atoms with Crippen LogP contribution in [0.15, 0.2) is 71.3 Å². The van der Waals surface area contributed by atoms with Crippen molar-refractivity contribution in [3.8, 4) is 0 Å². The van der Waals surface area contributed by atoms with Crippen molar-refractivity contribution in [2.75, 3.05) is 0 Å². The van der Waals surface area contributed by atoms with Crippen molar-refractivity contribution in [3.05, 3.63) is 89.6 Å². The van der Waals surface area contributed by atoms with E-state index in [1.54, 1.807) is 6.26 Å². The lowest BCUT2D eigenvalue weighted by Gasteiger charge is -2.15. The average molecular weight is 277 g/mol. The molecule has 1 aromatic heterocycles. The maximum atomic E-state index is 5.64. The molecule has 2 nitrogen and oxygen atoms in total. The Hall–Kier alpha value is -2.35. The van der Waals surface area contributed by atoms with E-state index in [0.29, 0.717) is 5.92 Å². The zero-order chi connectivity index (χ0) is 14.7. The molecule has 0 saturated heterocycles. The van der Waals surface area contributed by atoms with Gasteiger partial charge in [-0.15, -0.1) is 0 Å². The fourth-order valence-electron chi connectivity index (χ4n) is 2.52. The first-order valence-electron chi connectivity index (χ1n) is 7.31. The van der Waals surface area contributed by atoms with Crippen LogP contribution in [0.4, 0.5) is 0 Å². The van der Waals surface area contributed by atoms with E-state index in [1.807, 2.05) is 12.1 Å². The van der Waals surface area contributed by atoms with E-state index in [-0.39, 0.29) is 5.92 Å². The summed E-state index contributed by atoms with van der Waals surface area (Å²) < 4.78 is 5.64. The number of oxazole rings is 1. The summed E-state index contributed by atoms with van der Waals surface area (Å²) in [5.74, 6) is 1.21. The van der Waals surface area contributed by atoms with Crippen molar-refractivity contribution in [1.29, 1.82) is 0 Å². The van der Waals surface area contributed by atoms with Gasteiger partial charge in [0.1, 0.15) is 6.26 Å². The van der Waals surface area contributed by atoms with Crippen molar-refractivity contribution in [2.45, 2.75) is 25.7 Å². The molecule has 0 bridgehead atoms. The van der Waals surface area contributed by atoms with Gasteiger partial charge in [-0.2, -0.15) is 0 Å². The highest BCUT2D eigenvalue weighted by molar-refractivity contribution is 5.39. The quantitative estimate of drug-likeness (QED) is 0.672. The molecular formula is C19H19NO. The van der Waals surface area contributed by atoms with E-state index in [2.05, 4.69) is 62.4 Å². The largest absolute Gasteiger partial charge is 0.448 e. The summed E-state index contributed by atoms with van der Waals surface area (Å²) >= 11 is 0. The minimum Gasteiger partial charge on any atom is -0.448 e. The lowest BCUT2D eigenvalue weighted by atomic mass is 9.89. The van der Waals surface area contributed by atoms with Gasteiger partial charge in [0.15, 0.2) is 5.89 Å². The highest BCUT2D eigenvalue weighted by atomic mass is 16.3. The van der Waals surface area contributed by atoms with Crippen LogP contribution in [-0.2, 0) is 0 Å². The van der Waals surface area contributed by atoms with Crippen molar-refractivity contribution in [3.63, 3.8) is 0 Å². The number of rotatable bonds is 4. The van der Waals surface area contributed by atoms with Gasteiger partial charge in [0.25, 0.3) is 0 Å². The first-order valence-corrected chi connectivity index (χ1v) is 7.31. The molecule has 3 aromatic rings. The van der Waals surface area contributed by atoms with Gasteiger partial charge >= 0.3 is 0 Å². The molecule has 0 saturated carbocycles. The summed E-state index contributed by atoms with van der Waals surface area (Å²) in [5.41, 5.74) is 3.43. The van der Waals surface area contributed by atoms with E-state index in [4.69, 9.17) is 9.40 Å². The molecule has 0 fully saturated rings. The van der Waals surface area contributed by atoms with Gasteiger partial charge in [-0.3, -0.25) is 0 Å². The molecule has 0 radical (unpaired) electrons. The summed E-state index contributed by atoms with van der Waals surface area (Å²) in [7, 11) is 0. The first-order chi connectivity index (χ1) is 10.3. The van der Waals surface area contributed by atoms with Crippen LogP contribution >= 0.6 is 0 Å². The Bertz CT molecular complexity index is 646. The Morgan fingerprint density at radius 2 is 1.33 bits per heavy atom. The van der Waals surface area contributed by atoms with E-state index in [9.17, 15) is 0 Å². The van der Waals surface area contributed by atoms with Gasteiger partial charge in [0.2, 0.25) is 0 Å². The summed E-state index contributed by atoms with van der Waals surface area (Å²) in [4.78, 5) is 4.70. The minimum atomic E-state index is 0.114. The fourth-order valence-corrected chi connectivity index (χ4v) is 2.52. The average Bonchev–Trinajstić information content (AvgIpc) is 3.00. The second-order valence-corrected chi connectivity index (χ2v) is 5.52. The van der Waals surface area contributed by atoms with Crippen molar-refractivity contribution in [1.82, 2.24) is 4.98 Å². The molecule has 1 heterocycles. The SMILES string of the molecule is CC(C)c1nc(C(c2ccccc2)c2ccccc2)co1. The molecule has 0 N–H and O–H groups in total. The van der Waals surface area contributed by atoms with Gasteiger partial charge in [-0.1, -0.05) is 74.5 Å². The number of benzene rings is 2. The standard InChI is InChI=1S/C19H19NO/c1-14(2)19-20-17(13-21-19)18(15-9-5-3-6-10-15)16-11-7-4-8-12-16/h3-14,18H,1-2H3. The van der Waals surface area contributed by atoms with E-state index < -0.39 is 0 Å². The fraction of sp³-hybridized carbons (Fsp3) is 0.211. The van der Waals surface area contributed by atoms with Crippen molar-refractivity contribution in [2.24, 2.45) is 0 Å². The maximum absolute atomic E-state index is 5.64. The van der Waals surface area contributed by atoms with Crippen LogP contribution in [0.3, 0.4) is 0 Å². The molecule has 3 rings (SSSR count). The number of hydrogen-bond donors (Lipinski definition) is 0. The molecule has 0 spiro atoms. The molecule has 0 aliphatic heterocycles. The summed E-state index contributed by atoms with van der Waals surface area (Å²) in [6.07, 6.45) is 1.79. The molecule has 0 unspecified atom stereocenters. The smallest absolute Gasteiger partial charge is 0.196 e. The molecule has 106 valence electrons. The molecule has 0 aliphatic rings. The van der Waals surface area contributed by atoms with Crippen molar-refractivity contribution < 1.29 is 4.42 Å². The number of aromatic nitrogens is 1. The summed E-state index contributed by atoms with van der Waals surface area (Å²) in [6, 6.07) is 20.9. The van der Waals surface area contributed by atoms with Crippen LogP contribution in [0.25, 0.3) is 0 Å². The van der Waals surface area contributed by atoms with Crippen LogP contribution in [-0.4, -0.2) is 4.98 Å². The molecule has 0 amide bonds. The van der Waals surface area contributed by atoms with Crippen LogP contribution < -0.4 is 0 Å². The predicted molar refractivity (Wildman–Crippen MR) is 84.4 cm³/mol. The predicted octanol–water partition coefficient (Wildman–Crippen LogP) is 4.98. The normalized spacial score (nSPS) is 11.2. The first kappa shape index (κ1) is 13.6. The summed E-state index contributed by atoms with van der Waals surface area (Å²) in [5, 5.41) is 0. The third-order valence-electron chi connectivity index (χ3n) is 3.60. The van der Waals surface area contributed by atoms with Crippen LogP contribution in [0, 0.1) is 0 Å². The molecular weight excluding hydrogens is 258 g/mol. The Balaban J connectivity index is 2.08. The lowest BCUT2D eigenvalue weighted by Crippen LogP contribution is -2.04. The van der Waals surface area contributed by atoms with Crippen molar-refractivity contribution >= 4 is 0 Å². The third kappa shape index (κ3) is 2.89. The second-order valence-electron chi connectivity index (χ2n) is 5.52. The van der Waals surface area contributed by atoms with Gasteiger partial charge in [-0.05, 0) is 11.1 Å². The third-order valence-corrected chi connectivity index (χ3v) is 3.60. The zero-order valence-electron chi connectivity index (χ0n) is 12.4. The summed E-state index contributed by atoms with van der Waals surface area (Å²) in [6.45, 7) is 4.19. The minimum absolute atomic E-state index is 0.114. The Morgan fingerprint density at radius 3 is 1.76 bits per heavy atom. The highest BCUT2D eigenvalue weighted by Gasteiger charge is 2.21. The van der Waals surface area contributed by atoms with Gasteiger partial charge in [0.05, 0.1) is 11.6 Å². The van der Waals surface area contributed by atoms with E-state index in [1.165, 1.54) is 11.1 Å². The molecule has 2 heteroatoms. The van der Waals surface area contributed by atoms with Gasteiger partial charge < -0.3 is 4.42 Å². The van der Waals surface area contributed by atoms with Gasteiger partial charge in [0, 0.05) is 5.92 Å². The highest BCUT2D eigenvalue weighted by Crippen LogP contribution is 2.32. The monoisotopic (exact) mass is 277 g/mol. The van der Waals surface area contributed by atoms with Crippen LogP contribution in [0.1, 0.15) is 48.4 Å². The Kier molecular flexibility index (Phi) is 3.87. The molecule has 2 aromatic carbocycles. The molecule has 21 heavy (non-hydrogen) atoms. The topological polar surface area (TPSA) is 26.0 Å². The Morgan fingerprint density at radius 1 is 0.810 bits per heavy atom. The molecule has 0 aliphatic carbocycles. The second kappa shape index (κ2) is 5.96.